The van der Waals surface area contributed by atoms with Crippen LogP contribution in [0.15, 0.2) is 0 Å². The van der Waals surface area contributed by atoms with Gasteiger partial charge in [-0.05, 0) is 65.0 Å². The van der Waals surface area contributed by atoms with Gasteiger partial charge in [0.05, 0.1) is 5.60 Å². The molecule has 3 nitrogen and oxygen atoms in total. The minimum atomic E-state index is -0.449. The lowest BCUT2D eigenvalue weighted by molar-refractivity contribution is -0.0360. The number of hydrogen-bond acceptors (Lipinski definition) is 3. The molecule has 0 spiro atoms. The first-order chi connectivity index (χ1) is 8.61. The lowest BCUT2D eigenvalue weighted by Gasteiger charge is -2.43. The maximum atomic E-state index is 10.2. The third-order valence-electron chi connectivity index (χ3n) is 4.60. The number of piperidine rings is 1. The van der Waals surface area contributed by atoms with E-state index in [4.69, 9.17) is 0 Å². The Morgan fingerprint density at radius 3 is 2.61 bits per heavy atom. The molecule has 1 unspecified atom stereocenters. The minimum Gasteiger partial charge on any atom is -0.389 e. The van der Waals surface area contributed by atoms with E-state index in [-0.39, 0.29) is 0 Å². The van der Waals surface area contributed by atoms with Crippen LogP contribution in [0.4, 0.5) is 0 Å². The first-order valence-electron chi connectivity index (χ1n) is 7.80. The maximum Gasteiger partial charge on any atom is 0.0746 e. The van der Waals surface area contributed by atoms with Gasteiger partial charge in [0.15, 0.2) is 0 Å². The Morgan fingerprint density at radius 1 is 1.28 bits per heavy atom. The second kappa shape index (κ2) is 6.36. The van der Waals surface area contributed by atoms with Crippen molar-refractivity contribution in [3.63, 3.8) is 0 Å². The molecule has 0 bridgehead atoms. The normalized spacial score (nSPS) is 38.8. The summed E-state index contributed by atoms with van der Waals surface area (Å²) in [5, 5.41) is 13.8. The summed E-state index contributed by atoms with van der Waals surface area (Å²) < 4.78 is 0. The van der Waals surface area contributed by atoms with Crippen molar-refractivity contribution in [2.45, 2.75) is 76.5 Å². The molecular formula is C15H30N2O. The molecule has 106 valence electrons. The average Bonchev–Trinajstić information content (AvgIpc) is 2.36. The summed E-state index contributed by atoms with van der Waals surface area (Å²) in [6, 6.07) is 1.46. The zero-order chi connectivity index (χ0) is 13.0. The van der Waals surface area contributed by atoms with Crippen molar-refractivity contribution in [2.75, 3.05) is 19.6 Å². The van der Waals surface area contributed by atoms with Crippen molar-refractivity contribution < 1.29 is 5.11 Å². The Balaban J connectivity index is 1.75. The molecule has 2 fully saturated rings. The van der Waals surface area contributed by atoms with Crippen LogP contribution in [0.5, 0.6) is 0 Å². The summed E-state index contributed by atoms with van der Waals surface area (Å²) in [6.07, 6.45) is 8.58. The van der Waals surface area contributed by atoms with Crippen LogP contribution in [0.1, 0.15) is 58.8 Å². The first-order valence-corrected chi connectivity index (χ1v) is 7.80. The Hall–Kier alpha value is -0.120. The second-order valence-electron chi connectivity index (χ2n) is 6.53. The molecule has 1 saturated carbocycles. The quantitative estimate of drug-likeness (QED) is 0.807. The zero-order valence-corrected chi connectivity index (χ0v) is 12.1. The fraction of sp³-hybridized carbons (Fsp3) is 1.00. The molecule has 1 aliphatic carbocycles. The van der Waals surface area contributed by atoms with Gasteiger partial charge in [0.25, 0.3) is 0 Å². The largest absolute Gasteiger partial charge is 0.389 e. The molecule has 0 aromatic carbocycles. The maximum absolute atomic E-state index is 10.2. The molecule has 1 heterocycles. The second-order valence-corrected chi connectivity index (χ2v) is 6.53. The van der Waals surface area contributed by atoms with E-state index in [0.717, 1.165) is 38.0 Å². The number of nitrogens with one attached hydrogen (secondary N) is 1. The molecule has 0 aromatic heterocycles. The highest BCUT2D eigenvalue weighted by atomic mass is 16.3. The van der Waals surface area contributed by atoms with Crippen molar-refractivity contribution in [3.8, 4) is 0 Å². The van der Waals surface area contributed by atoms with E-state index < -0.39 is 5.60 Å². The molecule has 3 heteroatoms. The number of likely N-dealkylation sites (tertiary alicyclic amines) is 1. The van der Waals surface area contributed by atoms with Crippen molar-refractivity contribution in [2.24, 2.45) is 0 Å². The molecule has 2 aliphatic rings. The van der Waals surface area contributed by atoms with Crippen molar-refractivity contribution in [1.82, 2.24) is 10.2 Å². The molecule has 2 N–H and O–H groups in total. The molecule has 1 aliphatic heterocycles. The molecule has 18 heavy (non-hydrogen) atoms. The summed E-state index contributed by atoms with van der Waals surface area (Å²) in [5.74, 6) is 0. The van der Waals surface area contributed by atoms with Gasteiger partial charge >= 0.3 is 0 Å². The summed E-state index contributed by atoms with van der Waals surface area (Å²) >= 11 is 0. The van der Waals surface area contributed by atoms with Gasteiger partial charge in [0.2, 0.25) is 0 Å². The Kier molecular flexibility index (Phi) is 5.05. The van der Waals surface area contributed by atoms with Crippen LogP contribution < -0.4 is 5.32 Å². The number of β-amino-alcohol motifs (C(OH)–C–C–N with tert-alkyl or cyclic N) is 1. The molecule has 1 saturated heterocycles. The summed E-state index contributed by atoms with van der Waals surface area (Å²) in [6.45, 7) is 7.45. The van der Waals surface area contributed by atoms with E-state index in [1.54, 1.807) is 0 Å². The van der Waals surface area contributed by atoms with Crippen LogP contribution in [0.3, 0.4) is 0 Å². The van der Waals surface area contributed by atoms with Crippen LogP contribution in [0.25, 0.3) is 0 Å². The Bertz CT molecular complexity index is 247. The van der Waals surface area contributed by atoms with E-state index in [2.05, 4.69) is 17.1 Å². The number of hydrogen-bond donors (Lipinski definition) is 2. The minimum absolute atomic E-state index is 0.449. The van der Waals surface area contributed by atoms with Crippen molar-refractivity contribution >= 4 is 0 Å². The van der Waals surface area contributed by atoms with Crippen LogP contribution in [-0.4, -0.2) is 47.3 Å². The standard InChI is InChI=1S/C15H30N2O/c1-3-10-16-13-5-7-14(8-6-13)17-11-4-9-15(2,18)12-17/h13-14,16,18H,3-12H2,1-2H3. The third kappa shape index (κ3) is 3.94. The smallest absolute Gasteiger partial charge is 0.0746 e. The predicted octanol–water partition coefficient (Wildman–Crippen LogP) is 2.14. The molecule has 0 aromatic rings. The number of aliphatic hydroxyl groups is 1. The Labute approximate surface area is 112 Å². The topological polar surface area (TPSA) is 35.5 Å². The van der Waals surface area contributed by atoms with E-state index in [9.17, 15) is 5.11 Å². The average molecular weight is 254 g/mol. The van der Waals surface area contributed by atoms with Gasteiger partial charge in [0.1, 0.15) is 0 Å². The fourth-order valence-electron chi connectivity index (χ4n) is 3.56. The number of rotatable bonds is 4. The van der Waals surface area contributed by atoms with Gasteiger partial charge in [-0.25, -0.2) is 0 Å². The molecule has 0 amide bonds. The first kappa shape index (κ1) is 14.3. The zero-order valence-electron chi connectivity index (χ0n) is 12.1. The predicted molar refractivity (Wildman–Crippen MR) is 75.8 cm³/mol. The third-order valence-corrected chi connectivity index (χ3v) is 4.60. The van der Waals surface area contributed by atoms with Gasteiger partial charge in [-0.1, -0.05) is 6.92 Å². The van der Waals surface area contributed by atoms with Crippen LogP contribution in [-0.2, 0) is 0 Å². The summed E-state index contributed by atoms with van der Waals surface area (Å²) in [4.78, 5) is 2.54. The Morgan fingerprint density at radius 2 is 2.00 bits per heavy atom. The SMILES string of the molecule is CCCNC1CCC(N2CCCC(C)(O)C2)CC1. The van der Waals surface area contributed by atoms with Crippen molar-refractivity contribution in [3.05, 3.63) is 0 Å². The van der Waals surface area contributed by atoms with Crippen LogP contribution >= 0.6 is 0 Å². The van der Waals surface area contributed by atoms with Gasteiger partial charge in [-0.3, -0.25) is 4.90 Å². The highest BCUT2D eigenvalue weighted by Gasteiger charge is 2.33. The van der Waals surface area contributed by atoms with E-state index in [1.807, 2.05) is 6.92 Å². The summed E-state index contributed by atoms with van der Waals surface area (Å²) in [5.41, 5.74) is -0.449. The van der Waals surface area contributed by atoms with Crippen LogP contribution in [0.2, 0.25) is 0 Å². The van der Waals surface area contributed by atoms with Crippen LogP contribution in [0, 0.1) is 0 Å². The van der Waals surface area contributed by atoms with E-state index in [0.29, 0.717) is 0 Å². The highest BCUT2D eigenvalue weighted by molar-refractivity contribution is 4.89. The summed E-state index contributed by atoms with van der Waals surface area (Å²) in [7, 11) is 0. The fourth-order valence-corrected chi connectivity index (χ4v) is 3.56. The van der Waals surface area contributed by atoms with Gasteiger partial charge in [0, 0.05) is 18.6 Å². The van der Waals surface area contributed by atoms with Gasteiger partial charge in [-0.15, -0.1) is 0 Å². The lowest BCUT2D eigenvalue weighted by atomic mass is 9.87. The lowest BCUT2D eigenvalue weighted by Crippen LogP contribution is -2.52. The van der Waals surface area contributed by atoms with Crippen molar-refractivity contribution in [1.29, 1.82) is 0 Å². The van der Waals surface area contributed by atoms with E-state index >= 15 is 0 Å². The highest BCUT2D eigenvalue weighted by Crippen LogP contribution is 2.28. The molecule has 1 atom stereocenters. The molecular weight excluding hydrogens is 224 g/mol. The molecule has 2 rings (SSSR count). The van der Waals surface area contributed by atoms with Gasteiger partial charge < -0.3 is 10.4 Å². The van der Waals surface area contributed by atoms with E-state index in [1.165, 1.54) is 38.6 Å². The van der Waals surface area contributed by atoms with Gasteiger partial charge in [-0.2, -0.15) is 0 Å². The molecule has 0 radical (unpaired) electrons. The number of nitrogens with zero attached hydrogens (tertiary/aromatic N) is 1. The monoisotopic (exact) mass is 254 g/mol.